The number of anilines is 2. The van der Waals surface area contributed by atoms with Crippen molar-refractivity contribution in [1.29, 1.82) is 0 Å². The fourth-order valence-electron chi connectivity index (χ4n) is 2.00. The highest BCUT2D eigenvalue weighted by atomic mass is 15.3. The standard InChI is InChI=1S/C11H14N6/c12-10-8-1-2-14-7-9(8)15-11(16-10)17-5-3-13-4-6-17/h1-2,7,13H,3-6H2,(H2,12,15,16). The summed E-state index contributed by atoms with van der Waals surface area (Å²) in [6.07, 6.45) is 3.42. The maximum Gasteiger partial charge on any atom is 0.228 e. The van der Waals surface area contributed by atoms with E-state index in [1.807, 2.05) is 6.07 Å². The Morgan fingerprint density at radius 3 is 2.88 bits per heavy atom. The fraction of sp³-hybridized carbons (Fsp3) is 0.364. The molecule has 0 aromatic carbocycles. The van der Waals surface area contributed by atoms with E-state index < -0.39 is 0 Å². The molecule has 2 aromatic rings. The lowest BCUT2D eigenvalue weighted by molar-refractivity contribution is 0.581. The van der Waals surface area contributed by atoms with E-state index in [-0.39, 0.29) is 0 Å². The van der Waals surface area contributed by atoms with Gasteiger partial charge in [0.05, 0.1) is 11.7 Å². The van der Waals surface area contributed by atoms with E-state index in [0.29, 0.717) is 11.8 Å². The smallest absolute Gasteiger partial charge is 0.228 e. The molecule has 17 heavy (non-hydrogen) atoms. The summed E-state index contributed by atoms with van der Waals surface area (Å²) < 4.78 is 0. The molecular weight excluding hydrogens is 216 g/mol. The Morgan fingerprint density at radius 2 is 2.06 bits per heavy atom. The third-order valence-electron chi connectivity index (χ3n) is 2.92. The number of nitrogens with one attached hydrogen (secondary N) is 1. The molecule has 0 radical (unpaired) electrons. The quantitative estimate of drug-likeness (QED) is 0.718. The van der Waals surface area contributed by atoms with Crippen molar-refractivity contribution in [3.8, 4) is 0 Å². The summed E-state index contributed by atoms with van der Waals surface area (Å²) >= 11 is 0. The van der Waals surface area contributed by atoms with Crippen molar-refractivity contribution in [2.24, 2.45) is 0 Å². The lowest BCUT2D eigenvalue weighted by Crippen LogP contribution is -2.44. The summed E-state index contributed by atoms with van der Waals surface area (Å²) in [4.78, 5) is 15.1. The molecule has 1 fully saturated rings. The normalized spacial score (nSPS) is 16.4. The minimum atomic E-state index is 0.519. The predicted molar refractivity (Wildman–Crippen MR) is 66.8 cm³/mol. The summed E-state index contributed by atoms with van der Waals surface area (Å²) in [5, 5.41) is 4.16. The van der Waals surface area contributed by atoms with Crippen LogP contribution in [0, 0.1) is 0 Å². The summed E-state index contributed by atoms with van der Waals surface area (Å²) in [7, 11) is 0. The predicted octanol–water partition coefficient (Wildman–Crippen LogP) is 0.0166. The van der Waals surface area contributed by atoms with Crippen LogP contribution in [0.3, 0.4) is 0 Å². The van der Waals surface area contributed by atoms with E-state index in [9.17, 15) is 0 Å². The van der Waals surface area contributed by atoms with Crippen LogP contribution >= 0.6 is 0 Å². The highest BCUT2D eigenvalue weighted by molar-refractivity contribution is 5.88. The average Bonchev–Trinajstić information content (AvgIpc) is 2.40. The second kappa shape index (κ2) is 4.14. The van der Waals surface area contributed by atoms with Gasteiger partial charge in [0.15, 0.2) is 0 Å². The van der Waals surface area contributed by atoms with Crippen LogP contribution in [-0.4, -0.2) is 41.1 Å². The summed E-state index contributed by atoms with van der Waals surface area (Å²) in [5.74, 6) is 1.22. The number of nitrogen functional groups attached to an aromatic ring is 1. The molecule has 0 atom stereocenters. The second-order valence-electron chi connectivity index (χ2n) is 4.04. The van der Waals surface area contributed by atoms with Gasteiger partial charge in [-0.3, -0.25) is 4.98 Å². The molecule has 1 aliphatic heterocycles. The average molecular weight is 230 g/mol. The highest BCUT2D eigenvalue weighted by Gasteiger charge is 2.14. The molecule has 6 nitrogen and oxygen atoms in total. The largest absolute Gasteiger partial charge is 0.383 e. The number of fused-ring (bicyclic) bond motifs is 1. The summed E-state index contributed by atoms with van der Waals surface area (Å²) in [5.41, 5.74) is 6.74. The Balaban J connectivity index is 2.05. The Bertz CT molecular complexity index is 534. The van der Waals surface area contributed by atoms with Crippen LogP contribution in [0.1, 0.15) is 0 Å². The zero-order valence-electron chi connectivity index (χ0n) is 9.43. The molecule has 3 rings (SSSR count). The van der Waals surface area contributed by atoms with Gasteiger partial charge in [-0.1, -0.05) is 0 Å². The third-order valence-corrected chi connectivity index (χ3v) is 2.92. The van der Waals surface area contributed by atoms with Crippen LogP contribution in [0.15, 0.2) is 18.5 Å². The van der Waals surface area contributed by atoms with Crippen molar-refractivity contribution in [1.82, 2.24) is 20.3 Å². The summed E-state index contributed by atoms with van der Waals surface area (Å²) in [6, 6.07) is 1.84. The Labute approximate surface area is 98.9 Å². The van der Waals surface area contributed by atoms with E-state index in [1.165, 1.54) is 0 Å². The number of piperazine rings is 1. The van der Waals surface area contributed by atoms with Gasteiger partial charge < -0.3 is 16.0 Å². The molecule has 1 saturated heterocycles. The van der Waals surface area contributed by atoms with E-state index >= 15 is 0 Å². The number of nitrogens with zero attached hydrogens (tertiary/aromatic N) is 4. The molecule has 0 saturated carbocycles. The lowest BCUT2D eigenvalue weighted by atomic mass is 10.3. The molecule has 88 valence electrons. The molecule has 2 aromatic heterocycles. The van der Waals surface area contributed by atoms with E-state index in [0.717, 1.165) is 37.1 Å². The monoisotopic (exact) mass is 230 g/mol. The zero-order chi connectivity index (χ0) is 11.7. The molecule has 0 bridgehead atoms. The Hall–Kier alpha value is -1.95. The van der Waals surface area contributed by atoms with Crippen LogP contribution in [0.25, 0.3) is 10.9 Å². The summed E-state index contributed by atoms with van der Waals surface area (Å²) in [6.45, 7) is 3.72. The van der Waals surface area contributed by atoms with Gasteiger partial charge >= 0.3 is 0 Å². The first kappa shape index (κ1) is 10.2. The van der Waals surface area contributed by atoms with Crippen LogP contribution in [0.4, 0.5) is 11.8 Å². The second-order valence-corrected chi connectivity index (χ2v) is 4.04. The molecule has 0 amide bonds. The zero-order valence-corrected chi connectivity index (χ0v) is 9.43. The van der Waals surface area contributed by atoms with Crippen molar-refractivity contribution in [3.05, 3.63) is 18.5 Å². The number of pyridine rings is 1. The van der Waals surface area contributed by atoms with Gasteiger partial charge in [0.1, 0.15) is 5.82 Å². The maximum atomic E-state index is 5.94. The number of hydrogen-bond donors (Lipinski definition) is 2. The third kappa shape index (κ3) is 1.87. The first-order valence-corrected chi connectivity index (χ1v) is 5.67. The van der Waals surface area contributed by atoms with Gasteiger partial charge in [-0.25, -0.2) is 4.98 Å². The van der Waals surface area contributed by atoms with Crippen LogP contribution < -0.4 is 16.0 Å². The van der Waals surface area contributed by atoms with E-state index in [1.54, 1.807) is 12.4 Å². The van der Waals surface area contributed by atoms with Crippen molar-refractivity contribution in [2.75, 3.05) is 36.8 Å². The van der Waals surface area contributed by atoms with Gasteiger partial charge in [0.2, 0.25) is 5.95 Å². The van der Waals surface area contributed by atoms with Gasteiger partial charge in [-0.2, -0.15) is 4.98 Å². The Kier molecular flexibility index (Phi) is 2.49. The first-order chi connectivity index (χ1) is 8.34. The maximum absolute atomic E-state index is 5.94. The number of aromatic nitrogens is 3. The molecule has 1 aliphatic rings. The number of nitrogens with two attached hydrogens (primary N) is 1. The molecular formula is C11H14N6. The van der Waals surface area contributed by atoms with Crippen LogP contribution in [-0.2, 0) is 0 Å². The number of hydrogen-bond acceptors (Lipinski definition) is 6. The molecule has 6 heteroatoms. The highest BCUT2D eigenvalue weighted by Crippen LogP contribution is 2.20. The molecule has 0 aliphatic carbocycles. The van der Waals surface area contributed by atoms with Crippen LogP contribution in [0.2, 0.25) is 0 Å². The SMILES string of the molecule is Nc1nc(N2CCNCC2)nc2cnccc12. The van der Waals surface area contributed by atoms with Crippen LogP contribution in [0.5, 0.6) is 0 Å². The van der Waals surface area contributed by atoms with Crippen molar-refractivity contribution >= 4 is 22.7 Å². The molecule has 0 unspecified atom stereocenters. The Morgan fingerprint density at radius 1 is 1.24 bits per heavy atom. The van der Waals surface area contributed by atoms with Gasteiger partial charge in [0, 0.05) is 37.8 Å². The van der Waals surface area contributed by atoms with Gasteiger partial charge in [0.25, 0.3) is 0 Å². The first-order valence-electron chi connectivity index (χ1n) is 5.67. The van der Waals surface area contributed by atoms with Gasteiger partial charge in [-0.05, 0) is 6.07 Å². The number of rotatable bonds is 1. The van der Waals surface area contributed by atoms with Gasteiger partial charge in [-0.15, -0.1) is 0 Å². The van der Waals surface area contributed by atoms with Crippen molar-refractivity contribution in [3.63, 3.8) is 0 Å². The molecule has 3 heterocycles. The minimum Gasteiger partial charge on any atom is -0.383 e. The molecule has 3 N–H and O–H groups in total. The topological polar surface area (TPSA) is 80.0 Å². The minimum absolute atomic E-state index is 0.519. The van der Waals surface area contributed by atoms with Crippen molar-refractivity contribution in [2.45, 2.75) is 0 Å². The lowest BCUT2D eigenvalue weighted by Gasteiger charge is -2.27. The molecule has 0 spiro atoms. The van der Waals surface area contributed by atoms with Crippen molar-refractivity contribution < 1.29 is 0 Å². The van der Waals surface area contributed by atoms with E-state index in [2.05, 4.69) is 25.2 Å². The fourth-order valence-corrected chi connectivity index (χ4v) is 2.00. The van der Waals surface area contributed by atoms with E-state index in [4.69, 9.17) is 5.73 Å².